The van der Waals surface area contributed by atoms with Crippen molar-refractivity contribution in [2.45, 2.75) is 62.7 Å². The molecule has 2 aliphatic rings. The summed E-state index contributed by atoms with van der Waals surface area (Å²) in [7, 11) is 0. The number of allylic oxidation sites excluding steroid dienone is 1. The minimum atomic E-state index is -1.38. The Labute approximate surface area is 172 Å². The third-order valence-electron chi connectivity index (χ3n) is 5.92. The lowest BCUT2D eigenvalue weighted by atomic mass is 9.72. The summed E-state index contributed by atoms with van der Waals surface area (Å²) in [6, 6.07) is 9.79. The molecule has 1 aliphatic carbocycles. The van der Waals surface area contributed by atoms with Gasteiger partial charge in [0, 0.05) is 24.5 Å². The van der Waals surface area contributed by atoms with Gasteiger partial charge in [0.05, 0.1) is 0 Å². The van der Waals surface area contributed by atoms with Crippen molar-refractivity contribution in [2.75, 3.05) is 0 Å². The maximum absolute atomic E-state index is 13.3. The van der Waals surface area contributed by atoms with E-state index in [0.29, 0.717) is 18.1 Å². The summed E-state index contributed by atoms with van der Waals surface area (Å²) >= 11 is 1.28. The van der Waals surface area contributed by atoms with E-state index >= 15 is 0 Å². The third-order valence-corrected chi connectivity index (χ3v) is 7.39. The number of benzene rings is 1. The zero-order chi connectivity index (χ0) is 20.4. The number of ether oxygens (including phenoxy) is 2. The first-order chi connectivity index (χ1) is 13.3. The Morgan fingerprint density at radius 1 is 1.18 bits per heavy atom. The number of esters is 2. The lowest BCUT2D eigenvalue weighted by molar-refractivity contribution is -0.285. The quantitative estimate of drug-likeness (QED) is 0.375. The van der Waals surface area contributed by atoms with Crippen molar-refractivity contribution >= 4 is 23.7 Å². The van der Waals surface area contributed by atoms with Gasteiger partial charge in [0.15, 0.2) is 0 Å². The molecular weight excluding hydrogens is 372 g/mol. The van der Waals surface area contributed by atoms with Gasteiger partial charge in [0.2, 0.25) is 4.75 Å². The Bertz CT molecular complexity index is 709. The predicted octanol–water partition coefficient (Wildman–Crippen LogP) is 5.12. The van der Waals surface area contributed by atoms with Gasteiger partial charge in [-0.05, 0) is 30.2 Å². The molecule has 152 valence electrons. The molecular formula is C23H30O4S. The Balaban J connectivity index is 1.87. The van der Waals surface area contributed by atoms with Gasteiger partial charge in [-0.2, -0.15) is 0 Å². The van der Waals surface area contributed by atoms with Crippen LogP contribution in [0, 0.1) is 17.8 Å². The number of rotatable bonds is 6. The van der Waals surface area contributed by atoms with Crippen molar-refractivity contribution in [3.63, 3.8) is 0 Å². The van der Waals surface area contributed by atoms with Crippen molar-refractivity contribution in [1.82, 2.24) is 0 Å². The summed E-state index contributed by atoms with van der Waals surface area (Å²) in [5.74, 6) is -0.934. The smallest absolute Gasteiger partial charge is 0.337 e. The molecule has 2 atom stereocenters. The molecule has 2 unspecified atom stereocenters. The van der Waals surface area contributed by atoms with Crippen LogP contribution in [0.1, 0.15) is 52.0 Å². The summed E-state index contributed by atoms with van der Waals surface area (Å²) in [5.41, 5.74) is 1.04. The largest absolute Gasteiger partial charge is 0.421 e. The first kappa shape index (κ1) is 21.0. The normalized spacial score (nSPS) is 32.9. The van der Waals surface area contributed by atoms with Crippen LogP contribution in [0.2, 0.25) is 0 Å². The lowest BCUT2D eigenvalue weighted by Crippen LogP contribution is -2.63. The second-order valence-corrected chi connectivity index (χ2v) is 9.70. The molecule has 0 aromatic heterocycles. The number of hydrogen-bond donors (Lipinski definition) is 0. The fraction of sp³-hybridized carbons (Fsp3) is 0.565. The molecule has 1 heterocycles. The van der Waals surface area contributed by atoms with Crippen molar-refractivity contribution in [1.29, 1.82) is 0 Å². The van der Waals surface area contributed by atoms with E-state index in [-0.39, 0.29) is 18.3 Å². The molecule has 1 aromatic rings. The highest BCUT2D eigenvalue weighted by Crippen LogP contribution is 2.50. The molecule has 0 N–H and O–H groups in total. The molecule has 1 saturated carbocycles. The van der Waals surface area contributed by atoms with Gasteiger partial charge < -0.3 is 9.47 Å². The Morgan fingerprint density at radius 2 is 1.82 bits per heavy atom. The minimum absolute atomic E-state index is 0.0254. The van der Waals surface area contributed by atoms with Crippen molar-refractivity contribution in [2.24, 2.45) is 17.8 Å². The Morgan fingerprint density at radius 3 is 2.39 bits per heavy atom. The highest BCUT2D eigenvalue weighted by Gasteiger charge is 2.62. The SMILES string of the molecule is C=CCC1(SCc2ccccc2)C(=O)OC2(CC(C)CCC2C(C)C)OC1=O. The van der Waals surface area contributed by atoms with E-state index in [1.807, 2.05) is 30.3 Å². The summed E-state index contributed by atoms with van der Waals surface area (Å²) < 4.78 is 10.7. The molecule has 1 aromatic carbocycles. The standard InChI is InChI=1S/C23H30O4S/c1-5-13-22(28-15-18-9-7-6-8-10-18)20(24)26-23(27-21(22)25)14-17(4)11-12-19(23)16(2)3/h5-10,16-17,19H,1,11-15H2,2-4H3. The summed E-state index contributed by atoms with van der Waals surface area (Å²) in [5, 5.41) is 0. The monoisotopic (exact) mass is 402 g/mol. The van der Waals surface area contributed by atoms with Gasteiger partial charge in [-0.3, -0.25) is 0 Å². The summed E-state index contributed by atoms with van der Waals surface area (Å²) in [6.45, 7) is 10.1. The van der Waals surface area contributed by atoms with E-state index in [0.717, 1.165) is 18.4 Å². The van der Waals surface area contributed by atoms with Gasteiger partial charge >= 0.3 is 11.9 Å². The summed E-state index contributed by atoms with van der Waals surface area (Å²) in [6.07, 6.45) is 4.31. The fourth-order valence-electron chi connectivity index (χ4n) is 4.41. The molecule has 4 nitrogen and oxygen atoms in total. The highest BCUT2D eigenvalue weighted by molar-refractivity contribution is 8.01. The first-order valence-corrected chi connectivity index (χ1v) is 11.1. The molecule has 0 bridgehead atoms. The van der Waals surface area contributed by atoms with Gasteiger partial charge in [-0.25, -0.2) is 9.59 Å². The summed E-state index contributed by atoms with van der Waals surface area (Å²) in [4.78, 5) is 26.6. The van der Waals surface area contributed by atoms with Crippen molar-refractivity contribution in [3.05, 3.63) is 48.6 Å². The van der Waals surface area contributed by atoms with Crippen molar-refractivity contribution in [3.8, 4) is 0 Å². The zero-order valence-electron chi connectivity index (χ0n) is 17.0. The van der Waals surface area contributed by atoms with E-state index in [4.69, 9.17) is 9.47 Å². The van der Waals surface area contributed by atoms with Crippen LogP contribution in [0.15, 0.2) is 43.0 Å². The molecule has 2 fully saturated rings. The maximum Gasteiger partial charge on any atom is 0.337 e. The van der Waals surface area contributed by atoms with E-state index in [2.05, 4.69) is 27.4 Å². The number of hydrogen-bond acceptors (Lipinski definition) is 5. The van der Waals surface area contributed by atoms with Crippen LogP contribution in [0.4, 0.5) is 0 Å². The molecule has 1 spiro atoms. The molecule has 1 aliphatic heterocycles. The molecule has 5 heteroatoms. The average molecular weight is 403 g/mol. The number of thioether (sulfide) groups is 1. The fourth-order valence-corrected chi connectivity index (χ4v) is 5.57. The van der Waals surface area contributed by atoms with Crippen LogP contribution in [0.25, 0.3) is 0 Å². The van der Waals surface area contributed by atoms with E-state index in [1.54, 1.807) is 6.08 Å². The topological polar surface area (TPSA) is 52.6 Å². The van der Waals surface area contributed by atoms with E-state index < -0.39 is 22.5 Å². The molecule has 0 amide bonds. The van der Waals surface area contributed by atoms with Crippen LogP contribution >= 0.6 is 11.8 Å². The van der Waals surface area contributed by atoms with Gasteiger partial charge in [-0.1, -0.05) is 57.2 Å². The lowest BCUT2D eigenvalue weighted by Gasteiger charge is -2.50. The number of carbonyl (C=O) groups is 2. The van der Waals surface area contributed by atoms with Crippen LogP contribution < -0.4 is 0 Å². The first-order valence-electron chi connectivity index (χ1n) is 10.1. The van der Waals surface area contributed by atoms with Gasteiger partial charge in [0.1, 0.15) is 0 Å². The average Bonchev–Trinajstić information content (AvgIpc) is 2.64. The van der Waals surface area contributed by atoms with Crippen LogP contribution in [-0.4, -0.2) is 22.5 Å². The molecule has 3 rings (SSSR count). The van der Waals surface area contributed by atoms with Crippen LogP contribution in [0.5, 0.6) is 0 Å². The Hall–Kier alpha value is -1.75. The third kappa shape index (κ3) is 3.86. The Kier molecular flexibility index (Phi) is 6.23. The van der Waals surface area contributed by atoms with Gasteiger partial charge in [0.25, 0.3) is 5.79 Å². The molecule has 28 heavy (non-hydrogen) atoms. The second kappa shape index (κ2) is 8.32. The van der Waals surface area contributed by atoms with Gasteiger partial charge in [-0.15, -0.1) is 18.3 Å². The minimum Gasteiger partial charge on any atom is -0.421 e. The van der Waals surface area contributed by atoms with E-state index in [1.165, 1.54) is 11.8 Å². The van der Waals surface area contributed by atoms with E-state index in [9.17, 15) is 9.59 Å². The molecule has 0 radical (unpaired) electrons. The van der Waals surface area contributed by atoms with Crippen LogP contribution in [-0.2, 0) is 24.8 Å². The maximum atomic E-state index is 13.3. The number of carbonyl (C=O) groups excluding carboxylic acids is 2. The highest BCUT2D eigenvalue weighted by atomic mass is 32.2. The zero-order valence-corrected chi connectivity index (χ0v) is 17.8. The van der Waals surface area contributed by atoms with Crippen LogP contribution in [0.3, 0.4) is 0 Å². The predicted molar refractivity (Wildman–Crippen MR) is 112 cm³/mol. The van der Waals surface area contributed by atoms with Crippen molar-refractivity contribution < 1.29 is 19.1 Å². The second-order valence-electron chi connectivity index (χ2n) is 8.42. The molecule has 1 saturated heterocycles.